The molecule has 2 aliphatic rings. The van der Waals surface area contributed by atoms with E-state index in [1.54, 1.807) is 0 Å². The minimum absolute atomic E-state index is 0.166. The second-order valence-corrected chi connectivity index (χ2v) is 5.79. The summed E-state index contributed by atoms with van der Waals surface area (Å²) in [6.45, 7) is 2.30. The Morgan fingerprint density at radius 1 is 1.35 bits per heavy atom. The number of nitrogens with two attached hydrogens (primary N) is 1. The van der Waals surface area contributed by atoms with Crippen LogP contribution in [0.25, 0.3) is 0 Å². The van der Waals surface area contributed by atoms with Gasteiger partial charge in [-0.05, 0) is 38.5 Å². The lowest BCUT2D eigenvalue weighted by Gasteiger charge is -2.24. The van der Waals surface area contributed by atoms with Gasteiger partial charge in [0.1, 0.15) is 5.82 Å². The van der Waals surface area contributed by atoms with Gasteiger partial charge in [0.25, 0.3) is 0 Å². The summed E-state index contributed by atoms with van der Waals surface area (Å²) in [5.74, 6) is 1.24. The topological polar surface area (TPSA) is 54.7 Å². The van der Waals surface area contributed by atoms with Crippen LogP contribution in [0, 0.1) is 0 Å². The van der Waals surface area contributed by atoms with Crippen LogP contribution in [0.4, 0.5) is 0 Å². The Bertz CT molecular complexity index is 402. The van der Waals surface area contributed by atoms with Crippen molar-refractivity contribution in [3.63, 3.8) is 0 Å². The first kappa shape index (κ1) is 11.3. The van der Waals surface area contributed by atoms with Gasteiger partial charge in [0, 0.05) is 17.2 Å². The third kappa shape index (κ3) is 1.71. The van der Waals surface area contributed by atoms with E-state index in [0.29, 0.717) is 5.41 Å². The molecule has 3 nitrogen and oxygen atoms in total. The third-order valence-electron chi connectivity index (χ3n) is 4.84. The van der Waals surface area contributed by atoms with Crippen molar-refractivity contribution in [2.45, 2.75) is 69.7 Å². The predicted molar refractivity (Wildman–Crippen MR) is 68.9 cm³/mol. The highest BCUT2D eigenvalue weighted by Gasteiger charge is 2.37. The van der Waals surface area contributed by atoms with Crippen LogP contribution in [0.5, 0.6) is 0 Å². The standard InChI is InChI=1S/C14H23N3/c1-2-14(8-3-4-9-14)13-16-11-7-5-6-10(15)12(11)17-13/h10H,2-9,15H2,1H3,(H,16,17). The minimum atomic E-state index is 0.166. The van der Waals surface area contributed by atoms with E-state index in [0.717, 1.165) is 18.5 Å². The van der Waals surface area contributed by atoms with E-state index in [1.807, 2.05) is 0 Å². The van der Waals surface area contributed by atoms with Crippen molar-refractivity contribution >= 4 is 0 Å². The van der Waals surface area contributed by atoms with E-state index in [4.69, 9.17) is 10.7 Å². The lowest BCUT2D eigenvalue weighted by molar-refractivity contribution is 0.401. The van der Waals surface area contributed by atoms with Crippen molar-refractivity contribution in [2.75, 3.05) is 0 Å². The highest BCUT2D eigenvalue weighted by Crippen LogP contribution is 2.43. The molecule has 3 rings (SSSR count). The lowest BCUT2D eigenvalue weighted by Crippen LogP contribution is -2.22. The SMILES string of the molecule is CCC1(c2nc3c([nH]2)CCCC3N)CCCC1. The average molecular weight is 233 g/mol. The molecular formula is C14H23N3. The Hall–Kier alpha value is -0.830. The molecule has 1 atom stereocenters. The van der Waals surface area contributed by atoms with Gasteiger partial charge in [-0.2, -0.15) is 0 Å². The zero-order valence-electron chi connectivity index (χ0n) is 10.8. The number of nitrogens with one attached hydrogen (secondary N) is 1. The summed E-state index contributed by atoms with van der Waals surface area (Å²) < 4.78 is 0. The van der Waals surface area contributed by atoms with E-state index in [1.165, 1.54) is 50.0 Å². The quantitative estimate of drug-likeness (QED) is 0.825. The Kier molecular flexibility index (Phi) is 2.74. The van der Waals surface area contributed by atoms with Crippen molar-refractivity contribution in [1.82, 2.24) is 9.97 Å². The molecule has 1 aromatic heterocycles. The normalized spacial score (nSPS) is 27.1. The van der Waals surface area contributed by atoms with Crippen LogP contribution in [0.2, 0.25) is 0 Å². The largest absolute Gasteiger partial charge is 0.345 e. The minimum Gasteiger partial charge on any atom is -0.345 e. The number of imidazole rings is 1. The number of fused-ring (bicyclic) bond motifs is 1. The van der Waals surface area contributed by atoms with Crippen molar-refractivity contribution in [1.29, 1.82) is 0 Å². The van der Waals surface area contributed by atoms with E-state index >= 15 is 0 Å². The van der Waals surface area contributed by atoms with Crippen molar-refractivity contribution in [3.8, 4) is 0 Å². The third-order valence-corrected chi connectivity index (χ3v) is 4.84. The summed E-state index contributed by atoms with van der Waals surface area (Å²) >= 11 is 0. The summed E-state index contributed by atoms with van der Waals surface area (Å²) in [6, 6.07) is 0.166. The Labute approximate surface area is 103 Å². The van der Waals surface area contributed by atoms with Gasteiger partial charge >= 0.3 is 0 Å². The van der Waals surface area contributed by atoms with Crippen molar-refractivity contribution in [3.05, 3.63) is 17.2 Å². The van der Waals surface area contributed by atoms with Gasteiger partial charge in [0.05, 0.1) is 5.69 Å². The monoisotopic (exact) mass is 233 g/mol. The summed E-state index contributed by atoms with van der Waals surface area (Å²) in [5.41, 5.74) is 8.97. The number of H-pyrrole nitrogens is 1. The van der Waals surface area contributed by atoms with Gasteiger partial charge in [0.2, 0.25) is 0 Å². The summed E-state index contributed by atoms with van der Waals surface area (Å²) in [7, 11) is 0. The molecule has 0 spiro atoms. The van der Waals surface area contributed by atoms with Gasteiger partial charge in [-0.25, -0.2) is 4.98 Å². The predicted octanol–water partition coefficient (Wildman–Crippen LogP) is 2.97. The zero-order valence-corrected chi connectivity index (χ0v) is 10.8. The maximum Gasteiger partial charge on any atom is 0.112 e. The summed E-state index contributed by atoms with van der Waals surface area (Å²) in [6.07, 6.45) is 9.93. The zero-order chi connectivity index (χ0) is 11.9. The molecule has 0 aliphatic heterocycles. The van der Waals surface area contributed by atoms with Gasteiger partial charge in [-0.3, -0.25) is 0 Å². The molecule has 0 radical (unpaired) electrons. The molecule has 0 saturated heterocycles. The number of aryl methyl sites for hydroxylation is 1. The number of hydrogen-bond donors (Lipinski definition) is 2. The van der Waals surface area contributed by atoms with Gasteiger partial charge in [-0.1, -0.05) is 19.8 Å². The van der Waals surface area contributed by atoms with Crippen LogP contribution >= 0.6 is 0 Å². The first-order valence-corrected chi connectivity index (χ1v) is 7.10. The molecule has 1 fully saturated rings. The smallest absolute Gasteiger partial charge is 0.112 e. The molecule has 2 aliphatic carbocycles. The fourth-order valence-corrected chi connectivity index (χ4v) is 3.62. The molecule has 17 heavy (non-hydrogen) atoms. The van der Waals surface area contributed by atoms with Gasteiger partial charge in [0.15, 0.2) is 0 Å². The lowest BCUT2D eigenvalue weighted by atomic mass is 9.83. The van der Waals surface area contributed by atoms with Gasteiger partial charge in [-0.15, -0.1) is 0 Å². The second-order valence-electron chi connectivity index (χ2n) is 5.79. The van der Waals surface area contributed by atoms with Crippen LogP contribution in [0.15, 0.2) is 0 Å². The summed E-state index contributed by atoms with van der Waals surface area (Å²) in [5, 5.41) is 0. The Morgan fingerprint density at radius 2 is 2.12 bits per heavy atom. The van der Waals surface area contributed by atoms with Crippen LogP contribution in [0.3, 0.4) is 0 Å². The first-order valence-electron chi connectivity index (χ1n) is 7.10. The maximum absolute atomic E-state index is 6.16. The maximum atomic E-state index is 6.16. The molecule has 1 heterocycles. The molecule has 0 amide bonds. The van der Waals surface area contributed by atoms with Crippen LogP contribution in [-0.2, 0) is 11.8 Å². The fraction of sp³-hybridized carbons (Fsp3) is 0.786. The van der Waals surface area contributed by atoms with E-state index in [9.17, 15) is 0 Å². The number of aromatic nitrogens is 2. The van der Waals surface area contributed by atoms with Crippen LogP contribution < -0.4 is 5.73 Å². The number of aromatic amines is 1. The van der Waals surface area contributed by atoms with E-state index < -0.39 is 0 Å². The molecule has 3 N–H and O–H groups in total. The Balaban J connectivity index is 1.98. The fourth-order valence-electron chi connectivity index (χ4n) is 3.62. The van der Waals surface area contributed by atoms with Crippen molar-refractivity contribution in [2.24, 2.45) is 5.73 Å². The highest BCUT2D eigenvalue weighted by molar-refractivity contribution is 5.25. The van der Waals surface area contributed by atoms with Gasteiger partial charge < -0.3 is 10.7 Å². The molecule has 3 heteroatoms. The molecule has 94 valence electrons. The number of hydrogen-bond acceptors (Lipinski definition) is 2. The number of rotatable bonds is 2. The summed E-state index contributed by atoms with van der Waals surface area (Å²) in [4.78, 5) is 8.48. The van der Waals surface area contributed by atoms with Crippen LogP contribution in [-0.4, -0.2) is 9.97 Å². The van der Waals surface area contributed by atoms with E-state index in [-0.39, 0.29) is 6.04 Å². The molecule has 1 aromatic rings. The molecule has 1 unspecified atom stereocenters. The second kappa shape index (κ2) is 4.13. The molecule has 1 saturated carbocycles. The average Bonchev–Trinajstić information content (AvgIpc) is 2.96. The number of nitrogens with zero attached hydrogens (tertiary/aromatic N) is 1. The molecule has 0 bridgehead atoms. The van der Waals surface area contributed by atoms with E-state index in [2.05, 4.69) is 11.9 Å². The van der Waals surface area contributed by atoms with Crippen molar-refractivity contribution < 1.29 is 0 Å². The molecular weight excluding hydrogens is 210 g/mol. The van der Waals surface area contributed by atoms with Crippen LogP contribution in [0.1, 0.15) is 75.1 Å². The highest BCUT2D eigenvalue weighted by atomic mass is 15.0. The Morgan fingerprint density at radius 3 is 2.76 bits per heavy atom. The molecule has 0 aromatic carbocycles. The first-order chi connectivity index (χ1) is 8.25.